The van der Waals surface area contributed by atoms with Crippen molar-refractivity contribution in [2.45, 2.75) is 51.2 Å². The number of aryl methyl sites for hydroxylation is 1. The van der Waals surface area contributed by atoms with Crippen LogP contribution < -0.4 is 10.2 Å². The highest BCUT2D eigenvalue weighted by molar-refractivity contribution is 6.01. The molecule has 11 heteroatoms. The molecule has 11 nitrogen and oxygen atoms in total. The van der Waals surface area contributed by atoms with Crippen LogP contribution in [0.3, 0.4) is 0 Å². The molecule has 2 saturated heterocycles. The Labute approximate surface area is 227 Å². The fourth-order valence-electron chi connectivity index (χ4n) is 5.40. The molecule has 0 spiro atoms. The van der Waals surface area contributed by atoms with Gasteiger partial charge in [0.15, 0.2) is 6.29 Å². The first-order chi connectivity index (χ1) is 19.0. The number of urea groups is 1. The zero-order valence-corrected chi connectivity index (χ0v) is 22.0. The number of ether oxygens (including phenoxy) is 2. The fourth-order valence-corrected chi connectivity index (χ4v) is 5.40. The maximum atomic E-state index is 13.3. The number of hydrogen-bond donors (Lipinski definition) is 1. The molecule has 5 heterocycles. The topological polar surface area (TPSA) is 138 Å². The fraction of sp³-hybridized carbons (Fsp3) is 0.500. The van der Waals surface area contributed by atoms with Crippen LogP contribution in [0.1, 0.15) is 58.4 Å². The molecule has 2 aromatic rings. The number of pyridine rings is 2. The van der Waals surface area contributed by atoms with E-state index in [-0.39, 0.29) is 18.1 Å². The Balaban J connectivity index is 1.33. The largest absolute Gasteiger partial charge is 0.381 e. The number of likely N-dealkylation sites (N-methyl/N-ethyl adjacent to an activating group) is 1. The molecule has 39 heavy (non-hydrogen) atoms. The first-order valence-corrected chi connectivity index (χ1v) is 13.4. The van der Waals surface area contributed by atoms with Crippen LogP contribution in [0.25, 0.3) is 0 Å². The zero-order valence-electron chi connectivity index (χ0n) is 22.0. The van der Waals surface area contributed by atoms with Crippen LogP contribution in [0.2, 0.25) is 0 Å². The molecule has 0 saturated carbocycles. The second-order valence-electron chi connectivity index (χ2n) is 10.3. The highest BCUT2D eigenvalue weighted by Gasteiger charge is 2.29. The minimum absolute atomic E-state index is 0.113. The minimum Gasteiger partial charge on any atom is -0.381 e. The van der Waals surface area contributed by atoms with Gasteiger partial charge in [0.1, 0.15) is 29.5 Å². The van der Waals surface area contributed by atoms with E-state index in [2.05, 4.69) is 21.4 Å². The summed E-state index contributed by atoms with van der Waals surface area (Å²) in [5.41, 5.74) is 2.97. The number of amides is 3. The number of carbonyl (C=O) groups excluding carboxylic acids is 3. The van der Waals surface area contributed by atoms with Gasteiger partial charge in [-0.15, -0.1) is 0 Å². The molecule has 2 fully saturated rings. The molecule has 2 aromatic heterocycles. The standard InChI is InChI=1S/C28H32N6O5/c1-33(27(36)24-5-3-8-39-24)15-21-11-19-4-2-7-34(26(19)31-23(21)16-35)28(37)32-25-12-20(22(13-29)14-30-25)10-18-6-9-38-17-18/h11-12,14,16,18,24H,2-10,15,17H2,1H3,(H,30,32,37)/t18-,24+/m0/s1. The predicted octanol–water partition coefficient (Wildman–Crippen LogP) is 2.86. The highest BCUT2D eigenvalue weighted by atomic mass is 16.5. The number of carbonyl (C=O) groups is 3. The second-order valence-corrected chi connectivity index (χ2v) is 10.3. The van der Waals surface area contributed by atoms with Crippen LogP contribution in [0, 0.1) is 17.2 Å². The summed E-state index contributed by atoms with van der Waals surface area (Å²) in [6, 6.07) is 5.38. The third kappa shape index (κ3) is 5.92. The number of nitrogens with one attached hydrogen (secondary N) is 1. The molecular weight excluding hydrogens is 500 g/mol. The van der Waals surface area contributed by atoms with Gasteiger partial charge >= 0.3 is 6.03 Å². The first-order valence-electron chi connectivity index (χ1n) is 13.4. The van der Waals surface area contributed by atoms with Crippen LogP contribution in [0.5, 0.6) is 0 Å². The number of anilines is 2. The number of hydrogen-bond acceptors (Lipinski definition) is 8. The average Bonchev–Trinajstić information content (AvgIpc) is 3.67. The maximum absolute atomic E-state index is 13.3. The summed E-state index contributed by atoms with van der Waals surface area (Å²) in [6.45, 7) is 2.61. The number of rotatable bonds is 7. The zero-order chi connectivity index (χ0) is 27.4. The van der Waals surface area contributed by atoms with Crippen LogP contribution in [0.4, 0.5) is 16.4 Å². The molecule has 0 unspecified atom stereocenters. The van der Waals surface area contributed by atoms with E-state index < -0.39 is 12.1 Å². The lowest BCUT2D eigenvalue weighted by atomic mass is 9.96. The molecule has 2 atom stereocenters. The van der Waals surface area contributed by atoms with Crippen molar-refractivity contribution in [2.24, 2.45) is 5.92 Å². The Bertz CT molecular complexity index is 1300. The summed E-state index contributed by atoms with van der Waals surface area (Å²) in [5, 5.41) is 12.3. The summed E-state index contributed by atoms with van der Waals surface area (Å²) in [6.07, 6.45) is 6.28. The maximum Gasteiger partial charge on any atom is 0.328 e. The Morgan fingerprint density at radius 2 is 2.13 bits per heavy atom. The molecule has 5 rings (SSSR count). The lowest BCUT2D eigenvalue weighted by Crippen LogP contribution is -2.40. The van der Waals surface area contributed by atoms with Crippen LogP contribution >= 0.6 is 0 Å². The highest BCUT2D eigenvalue weighted by Crippen LogP contribution is 2.29. The van der Waals surface area contributed by atoms with E-state index >= 15 is 0 Å². The quantitative estimate of drug-likeness (QED) is 0.538. The summed E-state index contributed by atoms with van der Waals surface area (Å²) in [5.74, 6) is 0.992. The van der Waals surface area contributed by atoms with E-state index in [1.54, 1.807) is 18.0 Å². The monoisotopic (exact) mass is 532 g/mol. The van der Waals surface area contributed by atoms with Gasteiger partial charge in [-0.3, -0.25) is 19.8 Å². The lowest BCUT2D eigenvalue weighted by molar-refractivity contribution is -0.140. The number of aromatic nitrogens is 2. The van der Waals surface area contributed by atoms with Crippen molar-refractivity contribution in [3.63, 3.8) is 0 Å². The first kappa shape index (κ1) is 26.7. The number of nitrogens with zero attached hydrogens (tertiary/aromatic N) is 5. The SMILES string of the molecule is CN(Cc1cc2c(nc1C=O)N(C(=O)Nc1cc(C[C@@H]3CCOC3)c(C#N)cn1)CCC2)C(=O)[C@H]1CCCO1. The lowest BCUT2D eigenvalue weighted by Gasteiger charge is -2.29. The van der Waals surface area contributed by atoms with E-state index in [9.17, 15) is 19.6 Å². The van der Waals surface area contributed by atoms with Crippen LogP contribution in [-0.4, -0.2) is 72.6 Å². The molecule has 1 N–H and O–H groups in total. The molecule has 3 aliphatic rings. The van der Waals surface area contributed by atoms with E-state index in [1.165, 1.54) is 11.1 Å². The van der Waals surface area contributed by atoms with Crippen molar-refractivity contribution < 1.29 is 23.9 Å². The predicted molar refractivity (Wildman–Crippen MR) is 141 cm³/mol. The van der Waals surface area contributed by atoms with E-state index in [0.29, 0.717) is 80.6 Å². The van der Waals surface area contributed by atoms with Gasteiger partial charge < -0.3 is 14.4 Å². The number of nitriles is 1. The Morgan fingerprint density at radius 3 is 2.85 bits per heavy atom. The van der Waals surface area contributed by atoms with E-state index in [1.807, 2.05) is 6.07 Å². The van der Waals surface area contributed by atoms with Gasteiger partial charge in [0.2, 0.25) is 0 Å². The van der Waals surface area contributed by atoms with Gasteiger partial charge in [-0.1, -0.05) is 0 Å². The van der Waals surface area contributed by atoms with Crippen molar-refractivity contribution in [3.05, 3.63) is 46.3 Å². The van der Waals surface area contributed by atoms with Gasteiger partial charge in [0.05, 0.1) is 5.56 Å². The van der Waals surface area contributed by atoms with Crippen LogP contribution in [-0.2, 0) is 33.7 Å². The van der Waals surface area contributed by atoms with E-state index in [0.717, 1.165) is 30.4 Å². The summed E-state index contributed by atoms with van der Waals surface area (Å²) in [7, 11) is 1.69. The summed E-state index contributed by atoms with van der Waals surface area (Å²) < 4.78 is 11.0. The Hall–Kier alpha value is -3.88. The molecule has 0 aromatic carbocycles. The molecule has 0 aliphatic carbocycles. The second kappa shape index (κ2) is 11.9. The number of fused-ring (bicyclic) bond motifs is 1. The van der Waals surface area contributed by atoms with Gasteiger partial charge in [0.25, 0.3) is 5.91 Å². The minimum atomic E-state index is -0.442. The van der Waals surface area contributed by atoms with Crippen molar-refractivity contribution in [2.75, 3.05) is 43.6 Å². The average molecular weight is 533 g/mol. The third-order valence-corrected chi connectivity index (χ3v) is 7.50. The Morgan fingerprint density at radius 1 is 1.26 bits per heavy atom. The van der Waals surface area contributed by atoms with Crippen molar-refractivity contribution in [3.8, 4) is 6.07 Å². The van der Waals surface area contributed by atoms with Crippen molar-refractivity contribution in [1.82, 2.24) is 14.9 Å². The normalized spacial score (nSPS) is 20.3. The third-order valence-electron chi connectivity index (χ3n) is 7.50. The molecular formula is C28H32N6O5. The van der Waals surface area contributed by atoms with Crippen molar-refractivity contribution in [1.29, 1.82) is 5.26 Å². The van der Waals surface area contributed by atoms with Crippen molar-refractivity contribution >= 4 is 29.9 Å². The smallest absolute Gasteiger partial charge is 0.328 e. The molecule has 204 valence electrons. The summed E-state index contributed by atoms with van der Waals surface area (Å²) in [4.78, 5) is 49.9. The Kier molecular flexibility index (Phi) is 8.14. The van der Waals surface area contributed by atoms with Gasteiger partial charge in [-0.25, -0.2) is 14.8 Å². The number of aldehydes is 1. The molecule has 0 bridgehead atoms. The van der Waals surface area contributed by atoms with Gasteiger partial charge in [0, 0.05) is 51.7 Å². The molecule has 3 amide bonds. The van der Waals surface area contributed by atoms with Crippen LogP contribution in [0.15, 0.2) is 18.3 Å². The molecule has 3 aliphatic heterocycles. The van der Waals surface area contributed by atoms with E-state index in [4.69, 9.17) is 9.47 Å². The molecule has 0 radical (unpaired) electrons. The van der Waals surface area contributed by atoms with Gasteiger partial charge in [-0.05, 0) is 67.7 Å². The summed E-state index contributed by atoms with van der Waals surface area (Å²) >= 11 is 0. The van der Waals surface area contributed by atoms with Gasteiger partial charge in [-0.2, -0.15) is 5.26 Å².